The van der Waals surface area contributed by atoms with Crippen LogP contribution in [0.15, 0.2) is 0 Å². The number of rotatable bonds is 3. The highest BCUT2D eigenvalue weighted by Crippen LogP contribution is 2.37. The molecule has 23 heavy (non-hydrogen) atoms. The van der Waals surface area contributed by atoms with Crippen molar-refractivity contribution in [3.8, 4) is 0 Å². The molecule has 0 aromatic heterocycles. The van der Waals surface area contributed by atoms with E-state index >= 15 is 0 Å². The van der Waals surface area contributed by atoms with Crippen LogP contribution in [-0.2, 0) is 0 Å². The van der Waals surface area contributed by atoms with Crippen LogP contribution in [0.5, 0.6) is 0 Å². The second kappa shape index (κ2) is 7.44. The van der Waals surface area contributed by atoms with Gasteiger partial charge in [-0.25, -0.2) is 0 Å². The summed E-state index contributed by atoms with van der Waals surface area (Å²) in [6.45, 7) is 23.4. The lowest BCUT2D eigenvalue weighted by atomic mass is 9.71. The molecule has 2 aliphatic rings. The Hall–Kier alpha value is -0.0800. The SMILES string of the molecule is C[C@H](C1CCN(CC2CCN(C(C)(C)C)CC2)CC1)C(C)(C)C. The fourth-order valence-corrected chi connectivity index (χ4v) is 4.49. The van der Waals surface area contributed by atoms with Gasteiger partial charge in [-0.2, -0.15) is 0 Å². The van der Waals surface area contributed by atoms with Crippen molar-refractivity contribution >= 4 is 0 Å². The fourth-order valence-electron chi connectivity index (χ4n) is 4.49. The van der Waals surface area contributed by atoms with Gasteiger partial charge in [0.25, 0.3) is 0 Å². The number of hydrogen-bond donors (Lipinski definition) is 0. The zero-order valence-electron chi connectivity index (χ0n) is 17.0. The molecule has 2 fully saturated rings. The van der Waals surface area contributed by atoms with Gasteiger partial charge in [0.15, 0.2) is 0 Å². The van der Waals surface area contributed by atoms with Crippen LogP contribution in [0.25, 0.3) is 0 Å². The second-order valence-electron chi connectivity index (χ2n) is 10.4. The van der Waals surface area contributed by atoms with Gasteiger partial charge in [0.2, 0.25) is 0 Å². The van der Waals surface area contributed by atoms with E-state index in [-0.39, 0.29) is 0 Å². The molecule has 0 spiro atoms. The van der Waals surface area contributed by atoms with Crippen LogP contribution in [0.2, 0.25) is 0 Å². The molecule has 1 atom stereocenters. The predicted octanol–water partition coefficient (Wildman–Crippen LogP) is 4.89. The Morgan fingerprint density at radius 2 is 1.35 bits per heavy atom. The maximum Gasteiger partial charge on any atom is 0.0125 e. The van der Waals surface area contributed by atoms with E-state index in [0.29, 0.717) is 11.0 Å². The highest BCUT2D eigenvalue weighted by Gasteiger charge is 2.32. The first kappa shape index (κ1) is 19.2. The molecule has 0 amide bonds. The van der Waals surface area contributed by atoms with Crippen LogP contribution >= 0.6 is 0 Å². The lowest BCUT2D eigenvalue weighted by Crippen LogP contribution is -2.48. The Morgan fingerprint density at radius 1 is 0.826 bits per heavy atom. The second-order valence-corrected chi connectivity index (χ2v) is 10.4. The summed E-state index contributed by atoms with van der Waals surface area (Å²) in [5.74, 6) is 2.72. The molecule has 0 radical (unpaired) electrons. The van der Waals surface area contributed by atoms with E-state index in [4.69, 9.17) is 0 Å². The Bertz CT molecular complexity index is 347. The topological polar surface area (TPSA) is 6.48 Å². The monoisotopic (exact) mass is 322 g/mol. The molecule has 2 heterocycles. The Morgan fingerprint density at radius 3 is 1.78 bits per heavy atom. The van der Waals surface area contributed by atoms with Crippen LogP contribution in [0.4, 0.5) is 0 Å². The fraction of sp³-hybridized carbons (Fsp3) is 1.00. The van der Waals surface area contributed by atoms with E-state index in [2.05, 4.69) is 58.3 Å². The van der Waals surface area contributed by atoms with E-state index in [0.717, 1.165) is 17.8 Å². The molecule has 2 saturated heterocycles. The summed E-state index contributed by atoms with van der Waals surface area (Å²) >= 11 is 0. The van der Waals surface area contributed by atoms with Gasteiger partial charge in [0, 0.05) is 12.1 Å². The Labute approximate surface area is 146 Å². The largest absolute Gasteiger partial charge is 0.303 e. The zero-order chi connectivity index (χ0) is 17.3. The molecule has 0 aliphatic carbocycles. The predicted molar refractivity (Wildman–Crippen MR) is 102 cm³/mol. The van der Waals surface area contributed by atoms with Gasteiger partial charge in [-0.1, -0.05) is 27.7 Å². The van der Waals surface area contributed by atoms with Crippen molar-refractivity contribution < 1.29 is 0 Å². The standard InChI is InChI=1S/C21H42N2/c1-17(20(2,3)4)19-10-12-22(13-11-19)16-18-8-14-23(15-9-18)21(5,6)7/h17-19H,8-16H2,1-7H3/t17-/m1/s1. The average molecular weight is 323 g/mol. The molecule has 2 heteroatoms. The van der Waals surface area contributed by atoms with Gasteiger partial charge in [0.05, 0.1) is 0 Å². The minimum Gasteiger partial charge on any atom is -0.303 e. The van der Waals surface area contributed by atoms with E-state index in [9.17, 15) is 0 Å². The Balaban J connectivity index is 1.71. The van der Waals surface area contributed by atoms with Gasteiger partial charge in [-0.15, -0.1) is 0 Å². The molecule has 0 N–H and O–H groups in total. The van der Waals surface area contributed by atoms with Crippen molar-refractivity contribution in [3.05, 3.63) is 0 Å². The number of nitrogens with zero attached hydrogens (tertiary/aromatic N) is 2. The van der Waals surface area contributed by atoms with E-state index in [1.807, 2.05) is 0 Å². The minimum atomic E-state index is 0.354. The molecule has 2 aliphatic heterocycles. The molecule has 0 unspecified atom stereocenters. The van der Waals surface area contributed by atoms with Gasteiger partial charge in [-0.05, 0) is 95.8 Å². The zero-order valence-corrected chi connectivity index (χ0v) is 17.0. The quantitative estimate of drug-likeness (QED) is 0.730. The maximum atomic E-state index is 2.77. The summed E-state index contributed by atoms with van der Waals surface area (Å²) in [5, 5.41) is 0. The molecule has 0 aromatic rings. The molecule has 2 nitrogen and oxygen atoms in total. The summed E-state index contributed by atoms with van der Waals surface area (Å²) < 4.78 is 0. The van der Waals surface area contributed by atoms with E-state index < -0.39 is 0 Å². The molecule has 136 valence electrons. The van der Waals surface area contributed by atoms with Gasteiger partial charge in [0.1, 0.15) is 0 Å². The molecular formula is C21H42N2. The molecule has 0 aromatic carbocycles. The number of piperidine rings is 2. The van der Waals surface area contributed by atoms with Crippen LogP contribution in [0.3, 0.4) is 0 Å². The molecule has 0 bridgehead atoms. The van der Waals surface area contributed by atoms with Gasteiger partial charge in [-0.3, -0.25) is 4.90 Å². The normalized spacial score (nSPS) is 25.7. The van der Waals surface area contributed by atoms with Crippen LogP contribution < -0.4 is 0 Å². The lowest BCUT2D eigenvalue weighted by molar-refractivity contribution is 0.0559. The number of hydrogen-bond acceptors (Lipinski definition) is 2. The van der Waals surface area contributed by atoms with Crippen molar-refractivity contribution in [2.24, 2.45) is 23.2 Å². The van der Waals surface area contributed by atoms with Gasteiger partial charge < -0.3 is 4.90 Å². The summed E-state index contributed by atoms with van der Waals surface area (Å²) in [6, 6.07) is 0. The van der Waals surface area contributed by atoms with E-state index in [1.54, 1.807) is 0 Å². The smallest absolute Gasteiger partial charge is 0.0125 e. The van der Waals surface area contributed by atoms with Crippen molar-refractivity contribution in [2.75, 3.05) is 32.7 Å². The van der Waals surface area contributed by atoms with E-state index in [1.165, 1.54) is 58.4 Å². The first-order chi connectivity index (χ1) is 10.6. The van der Waals surface area contributed by atoms with Crippen LogP contribution in [0, 0.1) is 23.2 Å². The highest BCUT2D eigenvalue weighted by molar-refractivity contribution is 4.85. The van der Waals surface area contributed by atoms with Crippen molar-refractivity contribution in [2.45, 2.75) is 79.7 Å². The number of likely N-dealkylation sites (tertiary alicyclic amines) is 2. The summed E-state index contributed by atoms with van der Waals surface area (Å²) in [5.41, 5.74) is 0.818. The first-order valence-electron chi connectivity index (χ1n) is 10.0. The third-order valence-corrected chi connectivity index (χ3v) is 6.78. The van der Waals surface area contributed by atoms with Crippen LogP contribution in [-0.4, -0.2) is 48.1 Å². The Kier molecular flexibility index (Phi) is 6.22. The highest BCUT2D eigenvalue weighted by atomic mass is 15.2. The maximum absolute atomic E-state index is 2.77. The molecule has 0 saturated carbocycles. The summed E-state index contributed by atoms with van der Waals surface area (Å²) in [7, 11) is 0. The van der Waals surface area contributed by atoms with Crippen LogP contribution in [0.1, 0.15) is 74.1 Å². The average Bonchev–Trinajstić information content (AvgIpc) is 2.46. The van der Waals surface area contributed by atoms with Crippen molar-refractivity contribution in [3.63, 3.8) is 0 Å². The minimum absolute atomic E-state index is 0.354. The summed E-state index contributed by atoms with van der Waals surface area (Å²) in [6.07, 6.45) is 5.63. The third-order valence-electron chi connectivity index (χ3n) is 6.78. The third kappa shape index (κ3) is 5.46. The summed E-state index contributed by atoms with van der Waals surface area (Å²) in [4.78, 5) is 5.43. The molecular weight excluding hydrogens is 280 g/mol. The van der Waals surface area contributed by atoms with Crippen molar-refractivity contribution in [1.29, 1.82) is 0 Å². The lowest BCUT2D eigenvalue weighted by Gasteiger charge is -2.43. The molecule has 2 rings (SSSR count). The van der Waals surface area contributed by atoms with Crippen molar-refractivity contribution in [1.82, 2.24) is 9.80 Å². The van der Waals surface area contributed by atoms with Gasteiger partial charge >= 0.3 is 0 Å². The first-order valence-corrected chi connectivity index (χ1v) is 10.0.